The first-order valence-corrected chi connectivity index (χ1v) is 6.57. The Morgan fingerprint density at radius 2 is 0.151 bits per heavy atom. The molecule has 53 heavy (non-hydrogen) atoms. The van der Waals surface area contributed by atoms with Gasteiger partial charge in [-0.3, -0.25) is 0 Å². The van der Waals surface area contributed by atoms with Gasteiger partial charge in [0.15, 0.2) is 0 Å². The van der Waals surface area contributed by atoms with E-state index in [1.165, 1.54) is 0 Å². The predicted molar refractivity (Wildman–Crippen MR) is 142 cm³/mol. The molecular weight excluding hydrogens is 1100 g/mol. The summed E-state index contributed by atoms with van der Waals surface area (Å²) in [7, 11) is 0. The van der Waals surface area contributed by atoms with Crippen molar-refractivity contribution in [3.63, 3.8) is 0 Å². The smallest absolute Gasteiger partial charge is 0.356 e. The van der Waals surface area contributed by atoms with E-state index in [4.69, 9.17) is 184 Å². The molecule has 0 saturated carbocycles. The van der Waals surface area contributed by atoms with Crippen molar-refractivity contribution in [1.29, 1.82) is 0 Å². The third-order valence-corrected chi connectivity index (χ3v) is 0. The molecule has 0 aliphatic rings. The van der Waals surface area contributed by atoms with Gasteiger partial charge in [-0.2, -0.15) is 0 Å². The van der Waals surface area contributed by atoms with E-state index in [0.29, 0.717) is 0 Å². The van der Waals surface area contributed by atoms with Gasteiger partial charge in [-0.05, 0) is 0 Å². The van der Waals surface area contributed by atoms with Crippen LogP contribution in [0.25, 0.3) is 0 Å². The zero-order chi connectivity index (χ0) is 42.9. The molecule has 2 radical (unpaired) electrons. The first-order chi connectivity index (χ1) is 20.8. The number of nitrogens with zero attached hydrogens (tertiary/aromatic N) is 12. The molecule has 0 aromatic rings. The van der Waals surface area contributed by atoms with Crippen molar-refractivity contribution in [3.8, 4) is 0 Å². The van der Waals surface area contributed by atoms with Crippen LogP contribution < -0.4 is 0 Å². The Kier molecular flexibility index (Phi) is 215. The second-order valence-corrected chi connectivity index (χ2v) is 2.68. The van der Waals surface area contributed by atoms with Crippen molar-refractivity contribution < 1.29 is 145 Å². The molecule has 0 aromatic heterocycles. The molecule has 0 amide bonds. The summed E-state index contributed by atoms with van der Waals surface area (Å²) in [5.41, 5.74) is 0. The van der Waals surface area contributed by atoms with E-state index in [1.807, 2.05) is 0 Å². The normalized spacial score (nSPS) is 5.43. The second kappa shape index (κ2) is 104. The average Bonchev–Trinajstić information content (AvgIpc) is 2.61. The molecule has 0 unspecified atom stereocenters. The number of hydrogen-bond acceptors (Lipinski definition) is 36. The molecule has 0 atom stereocenters. The first-order valence-electron chi connectivity index (χ1n) is 6.57. The monoisotopic (exact) mass is 1100 g/mol. The SMILES string of the molecule is O=[N+]([O-])[O-].O=[N+]([O-])[O-].O=[N+]([O-])[O-].O=[N+]([O-])[O-].O=[N+]([O-])[O-].O=[N+]([O-])[O-].O=[N+]([O-])[O-].O=[N+]([O-])[O-].O=[N+]([O-])[O-].O=[N+]([O-])[O-].O=[N+]([O-])[O-].O=[N+]([O-])[O-].[Ce+3].[Ce+3].[Mg+2].[Mg+2].[Mg+2]. The molecule has 0 N–H and O–H groups in total. The van der Waals surface area contributed by atoms with Crippen molar-refractivity contribution in [2.24, 2.45) is 0 Å². The predicted octanol–water partition coefficient (Wildman–Crippen LogP) is -4.01. The van der Waals surface area contributed by atoms with Gasteiger partial charge in [0.25, 0.3) is 0 Å². The molecule has 0 spiro atoms. The van der Waals surface area contributed by atoms with Crippen LogP contribution in [0, 0.1) is 267 Å². The molecule has 53 heteroatoms. The van der Waals surface area contributed by atoms with E-state index in [2.05, 4.69) is 0 Å². The van der Waals surface area contributed by atoms with Gasteiger partial charge < -0.3 is 184 Å². The zero-order valence-corrected chi connectivity index (χ0v) is 33.7. The molecule has 0 aliphatic heterocycles. The standard InChI is InChI=1S/2Ce.3Mg.12NO3/c;;;;;12*2-1(3)4/q2*+3;3*+2;12*-1. The van der Waals surface area contributed by atoms with E-state index in [-0.39, 0.29) is 153 Å². The van der Waals surface area contributed by atoms with Crippen LogP contribution in [0.1, 0.15) is 0 Å². The minimum absolute atomic E-state index is 0. The topological polar surface area (TPSA) is 794 Å². The van der Waals surface area contributed by atoms with Gasteiger partial charge in [0.2, 0.25) is 0 Å². The quantitative estimate of drug-likeness (QED) is 0.127. The summed E-state index contributed by atoms with van der Waals surface area (Å²) in [5, 5.41) is 177. The molecule has 0 saturated heterocycles. The number of hydrogen-bond donors (Lipinski definition) is 0. The Labute approximate surface area is 393 Å². The van der Waals surface area contributed by atoms with Gasteiger partial charge in [0, 0.05) is 0 Å². The fraction of sp³-hybridized carbons (Fsp3) is 0. The Bertz CT molecular complexity index is 602. The van der Waals surface area contributed by atoms with E-state index in [0.717, 1.165) is 0 Å². The molecule has 0 aliphatic carbocycles. The van der Waals surface area contributed by atoms with E-state index in [1.54, 1.807) is 0 Å². The summed E-state index contributed by atoms with van der Waals surface area (Å²) >= 11 is 0. The summed E-state index contributed by atoms with van der Waals surface area (Å²) in [6.07, 6.45) is 0. The van der Waals surface area contributed by atoms with E-state index < -0.39 is 61.0 Å². The number of rotatable bonds is 0. The first kappa shape index (κ1) is 110. The molecular formula is Ce2Mg3N12O36. The van der Waals surface area contributed by atoms with E-state index in [9.17, 15) is 0 Å². The molecule has 290 valence electrons. The maximum absolute atomic E-state index is 8.25. The summed E-state index contributed by atoms with van der Waals surface area (Å²) in [6.45, 7) is 0. The van der Waals surface area contributed by atoms with Crippen LogP contribution in [-0.4, -0.2) is 130 Å². The van der Waals surface area contributed by atoms with Crippen LogP contribution in [0.2, 0.25) is 0 Å². The summed E-state index contributed by atoms with van der Waals surface area (Å²) < 4.78 is 0. The van der Waals surface area contributed by atoms with Crippen molar-refractivity contribution in [3.05, 3.63) is 184 Å². The van der Waals surface area contributed by atoms with Crippen LogP contribution in [0.3, 0.4) is 0 Å². The molecule has 0 rings (SSSR count). The third-order valence-electron chi connectivity index (χ3n) is 0. The fourth-order valence-corrected chi connectivity index (χ4v) is 0. The molecule has 0 aromatic carbocycles. The minimum Gasteiger partial charge on any atom is -0.356 e. The molecule has 0 heterocycles. The summed E-state index contributed by atoms with van der Waals surface area (Å²) in [5.74, 6) is 0. The third kappa shape index (κ3) is 4740. The van der Waals surface area contributed by atoms with Crippen LogP contribution in [0.4, 0.5) is 0 Å². The zero-order valence-electron chi connectivity index (χ0n) is 23.2. The van der Waals surface area contributed by atoms with Gasteiger partial charge >= 0.3 is 153 Å². The fourth-order valence-electron chi connectivity index (χ4n) is 0. The maximum Gasteiger partial charge on any atom is 3.00 e. The van der Waals surface area contributed by atoms with Crippen molar-refractivity contribution in [2.75, 3.05) is 0 Å². The minimum atomic E-state index is -1.75. The molecule has 0 bridgehead atoms. The van der Waals surface area contributed by atoms with Gasteiger partial charge in [0.1, 0.15) is 0 Å². The van der Waals surface area contributed by atoms with E-state index >= 15 is 0 Å². The Morgan fingerprint density at radius 3 is 0.151 bits per heavy atom. The van der Waals surface area contributed by atoms with Crippen molar-refractivity contribution >= 4 is 69.2 Å². The largest absolute Gasteiger partial charge is 3.00 e. The Morgan fingerprint density at radius 1 is 0.151 bits per heavy atom. The maximum atomic E-state index is 8.25. The van der Waals surface area contributed by atoms with Crippen LogP contribution >= 0.6 is 0 Å². The van der Waals surface area contributed by atoms with Gasteiger partial charge in [-0.25, -0.2) is 0 Å². The Hall–Kier alpha value is -4.55. The summed E-state index contributed by atoms with van der Waals surface area (Å²) in [6, 6.07) is 0. The van der Waals surface area contributed by atoms with Crippen LogP contribution in [0.15, 0.2) is 0 Å². The van der Waals surface area contributed by atoms with Crippen LogP contribution in [0.5, 0.6) is 0 Å². The average molecular weight is 1100 g/mol. The van der Waals surface area contributed by atoms with Crippen molar-refractivity contribution in [2.45, 2.75) is 0 Å². The van der Waals surface area contributed by atoms with Gasteiger partial charge in [-0.15, -0.1) is 0 Å². The van der Waals surface area contributed by atoms with Gasteiger partial charge in [0.05, 0.1) is 61.0 Å². The Balaban J connectivity index is -0.0000000176. The van der Waals surface area contributed by atoms with Crippen LogP contribution in [-0.2, 0) is 0 Å². The molecule has 48 nitrogen and oxygen atoms in total. The second-order valence-electron chi connectivity index (χ2n) is 2.68. The van der Waals surface area contributed by atoms with Crippen molar-refractivity contribution in [1.82, 2.24) is 0 Å². The van der Waals surface area contributed by atoms with Gasteiger partial charge in [-0.1, -0.05) is 0 Å². The summed E-state index contributed by atoms with van der Waals surface area (Å²) in [4.78, 5) is 99.0. The molecule has 0 fully saturated rings.